The SMILES string of the molecule is Cc1cc(Cl)c(C(O)c2cc(Cl)cc(Br)c2)cc1C. The Morgan fingerprint density at radius 2 is 1.63 bits per heavy atom. The Labute approximate surface area is 131 Å². The average Bonchev–Trinajstić information content (AvgIpc) is 2.31. The van der Waals surface area contributed by atoms with Crippen LogP contribution in [0.25, 0.3) is 0 Å². The van der Waals surface area contributed by atoms with E-state index in [0.29, 0.717) is 21.2 Å². The van der Waals surface area contributed by atoms with Gasteiger partial charge in [0, 0.05) is 20.1 Å². The van der Waals surface area contributed by atoms with Crippen molar-refractivity contribution in [3.63, 3.8) is 0 Å². The second-order valence-electron chi connectivity index (χ2n) is 4.56. The molecule has 0 aliphatic carbocycles. The van der Waals surface area contributed by atoms with E-state index in [2.05, 4.69) is 15.9 Å². The number of benzene rings is 2. The standard InChI is InChI=1S/C15H13BrCl2O/c1-8-3-13(14(18)4-9(8)2)15(19)10-5-11(16)7-12(17)6-10/h3-7,15,19H,1-2H3. The summed E-state index contributed by atoms with van der Waals surface area (Å²) in [6.45, 7) is 3.99. The van der Waals surface area contributed by atoms with Gasteiger partial charge in [0.2, 0.25) is 0 Å². The number of aliphatic hydroxyl groups excluding tert-OH is 1. The molecule has 0 heterocycles. The van der Waals surface area contributed by atoms with E-state index in [1.54, 1.807) is 12.1 Å². The van der Waals surface area contributed by atoms with Crippen molar-refractivity contribution in [2.24, 2.45) is 0 Å². The quantitative estimate of drug-likeness (QED) is 0.755. The molecule has 0 radical (unpaired) electrons. The molecule has 1 atom stereocenters. The van der Waals surface area contributed by atoms with Gasteiger partial charge in [-0.15, -0.1) is 0 Å². The molecule has 0 saturated carbocycles. The van der Waals surface area contributed by atoms with Crippen LogP contribution < -0.4 is 0 Å². The summed E-state index contributed by atoms with van der Waals surface area (Å²) < 4.78 is 0.828. The third kappa shape index (κ3) is 3.32. The molecule has 0 saturated heterocycles. The first kappa shape index (κ1) is 14.9. The maximum Gasteiger partial charge on any atom is 0.106 e. The van der Waals surface area contributed by atoms with E-state index in [1.807, 2.05) is 32.0 Å². The van der Waals surface area contributed by atoms with Gasteiger partial charge in [-0.3, -0.25) is 0 Å². The first-order valence-corrected chi connectivity index (χ1v) is 7.34. The Hall–Kier alpha value is -0.540. The molecular formula is C15H13BrCl2O. The van der Waals surface area contributed by atoms with Crippen LogP contribution in [0.3, 0.4) is 0 Å². The second kappa shape index (κ2) is 5.84. The van der Waals surface area contributed by atoms with Crippen molar-refractivity contribution in [2.45, 2.75) is 20.0 Å². The van der Waals surface area contributed by atoms with E-state index in [1.165, 1.54) is 0 Å². The molecule has 0 aliphatic rings. The molecule has 0 bridgehead atoms. The van der Waals surface area contributed by atoms with Crippen LogP contribution in [0.15, 0.2) is 34.8 Å². The molecule has 0 spiro atoms. The van der Waals surface area contributed by atoms with E-state index in [9.17, 15) is 5.11 Å². The van der Waals surface area contributed by atoms with Gasteiger partial charge >= 0.3 is 0 Å². The number of halogens is 3. The summed E-state index contributed by atoms with van der Waals surface area (Å²) in [5.41, 5.74) is 3.61. The third-order valence-corrected chi connectivity index (χ3v) is 4.11. The van der Waals surface area contributed by atoms with Crippen LogP contribution in [0.5, 0.6) is 0 Å². The molecule has 0 aromatic heterocycles. The summed E-state index contributed by atoms with van der Waals surface area (Å²) in [7, 11) is 0. The Bertz CT molecular complexity index is 606. The molecule has 19 heavy (non-hydrogen) atoms. The van der Waals surface area contributed by atoms with Crippen molar-refractivity contribution >= 4 is 39.1 Å². The molecule has 100 valence electrons. The van der Waals surface area contributed by atoms with Gasteiger partial charge in [0.15, 0.2) is 0 Å². The normalized spacial score (nSPS) is 12.5. The van der Waals surface area contributed by atoms with Crippen LogP contribution in [0, 0.1) is 13.8 Å². The summed E-state index contributed by atoms with van der Waals surface area (Å²) in [4.78, 5) is 0. The van der Waals surface area contributed by atoms with Crippen LogP contribution in [0.1, 0.15) is 28.4 Å². The lowest BCUT2D eigenvalue weighted by molar-refractivity contribution is 0.220. The molecule has 0 fully saturated rings. The number of rotatable bonds is 2. The zero-order valence-corrected chi connectivity index (χ0v) is 13.6. The van der Waals surface area contributed by atoms with Crippen molar-refractivity contribution in [1.82, 2.24) is 0 Å². The van der Waals surface area contributed by atoms with E-state index >= 15 is 0 Å². The van der Waals surface area contributed by atoms with E-state index < -0.39 is 6.10 Å². The van der Waals surface area contributed by atoms with Gasteiger partial charge in [-0.1, -0.05) is 45.2 Å². The van der Waals surface area contributed by atoms with Crippen LogP contribution in [0.4, 0.5) is 0 Å². The molecule has 1 nitrogen and oxygen atoms in total. The zero-order valence-electron chi connectivity index (χ0n) is 10.5. The number of hydrogen-bond acceptors (Lipinski definition) is 1. The van der Waals surface area contributed by atoms with Gasteiger partial charge in [0.05, 0.1) is 0 Å². The maximum absolute atomic E-state index is 10.5. The van der Waals surface area contributed by atoms with Crippen molar-refractivity contribution in [3.8, 4) is 0 Å². The zero-order chi connectivity index (χ0) is 14.2. The second-order valence-corrected chi connectivity index (χ2v) is 6.32. The topological polar surface area (TPSA) is 20.2 Å². The molecule has 0 amide bonds. The fraction of sp³-hybridized carbons (Fsp3) is 0.200. The van der Waals surface area contributed by atoms with Crippen molar-refractivity contribution < 1.29 is 5.11 Å². The van der Waals surface area contributed by atoms with Crippen LogP contribution in [-0.2, 0) is 0 Å². The summed E-state index contributed by atoms with van der Waals surface area (Å²) in [6.07, 6.45) is -0.790. The smallest absolute Gasteiger partial charge is 0.106 e. The number of aliphatic hydroxyl groups is 1. The third-order valence-electron chi connectivity index (χ3n) is 3.11. The van der Waals surface area contributed by atoms with Crippen LogP contribution >= 0.6 is 39.1 Å². The largest absolute Gasteiger partial charge is 0.384 e. The van der Waals surface area contributed by atoms with Gasteiger partial charge < -0.3 is 5.11 Å². The van der Waals surface area contributed by atoms with Crippen LogP contribution in [0.2, 0.25) is 10.0 Å². The maximum atomic E-state index is 10.5. The van der Waals surface area contributed by atoms with E-state index in [4.69, 9.17) is 23.2 Å². The van der Waals surface area contributed by atoms with Crippen molar-refractivity contribution in [2.75, 3.05) is 0 Å². The van der Waals surface area contributed by atoms with Crippen molar-refractivity contribution in [3.05, 3.63) is 67.1 Å². The van der Waals surface area contributed by atoms with Gasteiger partial charge in [0.1, 0.15) is 6.10 Å². The highest BCUT2D eigenvalue weighted by Crippen LogP contribution is 2.33. The Kier molecular flexibility index (Phi) is 4.57. The predicted octanol–water partition coefficient (Wildman–Crippen LogP) is 5.45. The minimum Gasteiger partial charge on any atom is -0.384 e. The minimum atomic E-state index is -0.790. The van der Waals surface area contributed by atoms with E-state index in [-0.39, 0.29) is 0 Å². The number of aryl methyl sites for hydroxylation is 2. The highest BCUT2D eigenvalue weighted by Gasteiger charge is 2.16. The molecular weight excluding hydrogens is 347 g/mol. The molecule has 2 aromatic carbocycles. The van der Waals surface area contributed by atoms with Gasteiger partial charge in [-0.2, -0.15) is 0 Å². The monoisotopic (exact) mass is 358 g/mol. The summed E-state index contributed by atoms with van der Waals surface area (Å²) in [6, 6.07) is 9.14. The van der Waals surface area contributed by atoms with Crippen molar-refractivity contribution in [1.29, 1.82) is 0 Å². The van der Waals surface area contributed by atoms with Gasteiger partial charge in [-0.25, -0.2) is 0 Å². The number of hydrogen-bond donors (Lipinski definition) is 1. The first-order chi connectivity index (χ1) is 8.88. The highest BCUT2D eigenvalue weighted by molar-refractivity contribution is 9.10. The Morgan fingerprint density at radius 3 is 2.26 bits per heavy atom. The summed E-state index contributed by atoms with van der Waals surface area (Å²) >= 11 is 15.6. The average molecular weight is 360 g/mol. The Morgan fingerprint density at radius 1 is 1.00 bits per heavy atom. The van der Waals surface area contributed by atoms with Gasteiger partial charge in [-0.05, 0) is 54.8 Å². The van der Waals surface area contributed by atoms with Crippen LogP contribution in [-0.4, -0.2) is 5.11 Å². The minimum absolute atomic E-state index is 0.562. The lowest BCUT2D eigenvalue weighted by Crippen LogP contribution is -2.02. The fourth-order valence-electron chi connectivity index (χ4n) is 1.93. The lowest BCUT2D eigenvalue weighted by Gasteiger charge is -2.16. The first-order valence-electron chi connectivity index (χ1n) is 5.79. The Balaban J connectivity index is 2.49. The molecule has 1 unspecified atom stereocenters. The molecule has 0 aliphatic heterocycles. The highest BCUT2D eigenvalue weighted by atomic mass is 79.9. The lowest BCUT2D eigenvalue weighted by atomic mass is 9.98. The molecule has 2 aromatic rings. The molecule has 2 rings (SSSR count). The summed E-state index contributed by atoms with van der Waals surface area (Å²) in [5, 5.41) is 11.6. The summed E-state index contributed by atoms with van der Waals surface area (Å²) in [5.74, 6) is 0. The fourth-order valence-corrected chi connectivity index (χ4v) is 3.13. The van der Waals surface area contributed by atoms with Gasteiger partial charge in [0.25, 0.3) is 0 Å². The molecule has 1 N–H and O–H groups in total. The predicted molar refractivity (Wildman–Crippen MR) is 84.1 cm³/mol. The molecule has 4 heteroatoms. The van der Waals surface area contributed by atoms with E-state index in [0.717, 1.165) is 15.6 Å².